The van der Waals surface area contributed by atoms with E-state index >= 15 is 0 Å². The number of anilines is 1. The number of halogens is 1. The maximum absolute atomic E-state index is 12.2. The lowest BCUT2D eigenvalue weighted by Crippen LogP contribution is -2.33. The summed E-state index contributed by atoms with van der Waals surface area (Å²) in [7, 11) is 0. The van der Waals surface area contributed by atoms with Crippen molar-refractivity contribution in [3.63, 3.8) is 0 Å². The van der Waals surface area contributed by atoms with Gasteiger partial charge in [-0.15, -0.1) is 0 Å². The average Bonchev–Trinajstić information content (AvgIpc) is 2.88. The molecule has 4 nitrogen and oxygen atoms in total. The SMILES string of the molecule is N[C@@H]1CN(CC(=O)Nc2cccc(Cl)c2)C[C@H]1c1ccccc1. The maximum Gasteiger partial charge on any atom is 0.238 e. The van der Waals surface area contributed by atoms with Gasteiger partial charge in [0.25, 0.3) is 0 Å². The van der Waals surface area contributed by atoms with E-state index in [0.717, 1.165) is 13.1 Å². The molecule has 1 saturated heterocycles. The molecule has 23 heavy (non-hydrogen) atoms. The van der Waals surface area contributed by atoms with Crippen molar-refractivity contribution < 1.29 is 4.79 Å². The second-order valence-electron chi connectivity index (χ2n) is 5.93. The summed E-state index contributed by atoms with van der Waals surface area (Å²) in [4.78, 5) is 14.3. The zero-order valence-corrected chi connectivity index (χ0v) is 13.5. The highest BCUT2D eigenvalue weighted by atomic mass is 35.5. The van der Waals surface area contributed by atoms with Crippen LogP contribution in [0.25, 0.3) is 0 Å². The average molecular weight is 330 g/mol. The van der Waals surface area contributed by atoms with Crippen LogP contribution in [0.3, 0.4) is 0 Å². The summed E-state index contributed by atoms with van der Waals surface area (Å²) in [6.07, 6.45) is 0. The van der Waals surface area contributed by atoms with Gasteiger partial charge in [-0.25, -0.2) is 0 Å². The molecule has 2 aromatic rings. The number of hydrogen-bond acceptors (Lipinski definition) is 3. The number of nitrogens with one attached hydrogen (secondary N) is 1. The number of benzene rings is 2. The van der Waals surface area contributed by atoms with E-state index in [9.17, 15) is 4.79 Å². The van der Waals surface area contributed by atoms with Crippen LogP contribution in [0, 0.1) is 0 Å². The molecule has 3 N–H and O–H groups in total. The molecular formula is C18H20ClN3O. The van der Waals surface area contributed by atoms with Crippen LogP contribution >= 0.6 is 11.6 Å². The van der Waals surface area contributed by atoms with Crippen LogP contribution < -0.4 is 11.1 Å². The predicted octanol–water partition coefficient (Wildman–Crippen LogP) is 2.71. The molecule has 0 radical (unpaired) electrons. The minimum Gasteiger partial charge on any atom is -0.326 e. The first-order valence-corrected chi connectivity index (χ1v) is 8.08. The van der Waals surface area contributed by atoms with Gasteiger partial charge in [-0.3, -0.25) is 9.69 Å². The third-order valence-corrected chi connectivity index (χ3v) is 4.38. The number of nitrogens with zero attached hydrogens (tertiary/aromatic N) is 1. The Bertz CT molecular complexity index is 677. The predicted molar refractivity (Wildman–Crippen MR) is 93.7 cm³/mol. The van der Waals surface area contributed by atoms with Gasteiger partial charge in [0.1, 0.15) is 0 Å². The number of amides is 1. The molecule has 3 rings (SSSR count). The van der Waals surface area contributed by atoms with Gasteiger partial charge in [0.2, 0.25) is 5.91 Å². The molecule has 1 heterocycles. The Balaban J connectivity index is 1.58. The van der Waals surface area contributed by atoms with Gasteiger partial charge in [0.15, 0.2) is 0 Å². The number of carbonyl (C=O) groups excluding carboxylic acids is 1. The minimum absolute atomic E-state index is 0.0480. The number of hydrogen-bond donors (Lipinski definition) is 2. The Morgan fingerprint density at radius 2 is 1.96 bits per heavy atom. The fourth-order valence-corrected chi connectivity index (χ4v) is 3.26. The van der Waals surface area contributed by atoms with Gasteiger partial charge in [-0.05, 0) is 23.8 Å². The van der Waals surface area contributed by atoms with Crippen LogP contribution in [0.4, 0.5) is 5.69 Å². The zero-order chi connectivity index (χ0) is 16.2. The molecular weight excluding hydrogens is 310 g/mol. The van der Waals surface area contributed by atoms with E-state index in [-0.39, 0.29) is 17.9 Å². The van der Waals surface area contributed by atoms with E-state index in [4.69, 9.17) is 17.3 Å². The summed E-state index contributed by atoms with van der Waals surface area (Å²) < 4.78 is 0. The third-order valence-electron chi connectivity index (χ3n) is 4.14. The quantitative estimate of drug-likeness (QED) is 0.906. The first-order chi connectivity index (χ1) is 11.1. The molecule has 1 aliphatic rings. The van der Waals surface area contributed by atoms with Crippen molar-refractivity contribution in [2.45, 2.75) is 12.0 Å². The van der Waals surface area contributed by atoms with Crippen LogP contribution in [-0.4, -0.2) is 36.5 Å². The second-order valence-corrected chi connectivity index (χ2v) is 6.37. The Labute approximate surface area is 141 Å². The van der Waals surface area contributed by atoms with Crippen LogP contribution in [0.2, 0.25) is 5.02 Å². The molecule has 0 spiro atoms. The van der Waals surface area contributed by atoms with Gasteiger partial charge in [-0.1, -0.05) is 48.0 Å². The third kappa shape index (κ3) is 4.10. The second kappa shape index (κ2) is 7.13. The van der Waals surface area contributed by atoms with Crippen LogP contribution in [0.15, 0.2) is 54.6 Å². The highest BCUT2D eigenvalue weighted by Crippen LogP contribution is 2.26. The van der Waals surface area contributed by atoms with Crippen LogP contribution in [0.5, 0.6) is 0 Å². The van der Waals surface area contributed by atoms with Gasteiger partial charge in [0.05, 0.1) is 6.54 Å². The Morgan fingerprint density at radius 1 is 1.17 bits per heavy atom. The fraction of sp³-hybridized carbons (Fsp3) is 0.278. The largest absolute Gasteiger partial charge is 0.326 e. The number of carbonyl (C=O) groups is 1. The molecule has 1 amide bonds. The van der Waals surface area contributed by atoms with Crippen molar-refractivity contribution in [3.05, 3.63) is 65.2 Å². The first kappa shape index (κ1) is 16.0. The van der Waals surface area contributed by atoms with Crippen molar-refractivity contribution in [1.82, 2.24) is 4.90 Å². The van der Waals surface area contributed by atoms with Gasteiger partial charge >= 0.3 is 0 Å². The van der Waals surface area contributed by atoms with Crippen LogP contribution in [0.1, 0.15) is 11.5 Å². The van der Waals surface area contributed by atoms with Gasteiger partial charge < -0.3 is 11.1 Å². The number of rotatable bonds is 4. The molecule has 0 saturated carbocycles. The summed E-state index contributed by atoms with van der Waals surface area (Å²) >= 11 is 5.93. The highest BCUT2D eigenvalue weighted by Gasteiger charge is 2.31. The molecule has 120 valence electrons. The van der Waals surface area contributed by atoms with Crippen molar-refractivity contribution in [2.24, 2.45) is 5.73 Å². The summed E-state index contributed by atoms with van der Waals surface area (Å²) in [5.74, 6) is 0.225. The lowest BCUT2D eigenvalue weighted by atomic mass is 9.95. The van der Waals surface area contributed by atoms with Crippen molar-refractivity contribution in [3.8, 4) is 0 Å². The summed E-state index contributed by atoms with van der Waals surface area (Å²) in [6.45, 7) is 1.86. The standard InChI is InChI=1S/C18H20ClN3O/c19-14-7-4-8-15(9-14)21-18(23)12-22-10-16(17(20)11-22)13-5-2-1-3-6-13/h1-9,16-17H,10-12,20H2,(H,21,23)/t16-,17+/m0/s1. The lowest BCUT2D eigenvalue weighted by molar-refractivity contribution is -0.117. The summed E-state index contributed by atoms with van der Waals surface area (Å²) in [5, 5.41) is 3.48. The topological polar surface area (TPSA) is 58.4 Å². The molecule has 0 aliphatic carbocycles. The molecule has 1 aliphatic heterocycles. The molecule has 2 atom stereocenters. The number of likely N-dealkylation sites (tertiary alicyclic amines) is 1. The van der Waals surface area contributed by atoms with E-state index < -0.39 is 0 Å². The van der Waals surface area contributed by atoms with E-state index in [1.54, 1.807) is 12.1 Å². The molecule has 0 unspecified atom stereocenters. The van der Waals surface area contributed by atoms with Gasteiger partial charge in [0, 0.05) is 35.8 Å². The fourth-order valence-electron chi connectivity index (χ4n) is 3.07. The highest BCUT2D eigenvalue weighted by molar-refractivity contribution is 6.30. The molecule has 1 fully saturated rings. The smallest absolute Gasteiger partial charge is 0.238 e. The van der Waals surface area contributed by atoms with Crippen molar-refractivity contribution in [2.75, 3.05) is 25.0 Å². The minimum atomic E-state index is -0.0480. The van der Waals surface area contributed by atoms with E-state index in [2.05, 4.69) is 22.3 Å². The van der Waals surface area contributed by atoms with Crippen molar-refractivity contribution in [1.29, 1.82) is 0 Å². The Morgan fingerprint density at radius 3 is 2.70 bits per heavy atom. The normalized spacial score (nSPS) is 21.3. The summed E-state index contributed by atoms with van der Waals surface area (Å²) in [6, 6.07) is 17.5. The van der Waals surface area contributed by atoms with Gasteiger partial charge in [-0.2, -0.15) is 0 Å². The molecule has 2 aromatic carbocycles. The van der Waals surface area contributed by atoms with E-state index in [0.29, 0.717) is 17.3 Å². The van der Waals surface area contributed by atoms with E-state index in [1.165, 1.54) is 5.56 Å². The van der Waals surface area contributed by atoms with E-state index in [1.807, 2.05) is 30.3 Å². The lowest BCUT2D eigenvalue weighted by Gasteiger charge is -2.16. The Kier molecular flexibility index (Phi) is 4.96. The first-order valence-electron chi connectivity index (χ1n) is 7.70. The summed E-state index contributed by atoms with van der Waals surface area (Å²) in [5.41, 5.74) is 8.21. The molecule has 5 heteroatoms. The van der Waals surface area contributed by atoms with Crippen LogP contribution in [-0.2, 0) is 4.79 Å². The zero-order valence-electron chi connectivity index (χ0n) is 12.8. The molecule has 0 aromatic heterocycles. The maximum atomic E-state index is 12.2. The molecule has 0 bridgehead atoms. The van der Waals surface area contributed by atoms with Crippen molar-refractivity contribution >= 4 is 23.2 Å². The number of nitrogens with two attached hydrogens (primary N) is 1. The Hall–Kier alpha value is -1.88. The monoisotopic (exact) mass is 329 g/mol.